The van der Waals surface area contributed by atoms with Gasteiger partial charge in [-0.05, 0) is 37.6 Å². The predicted molar refractivity (Wildman–Crippen MR) is 96.9 cm³/mol. The van der Waals surface area contributed by atoms with Crippen LogP contribution in [0.15, 0.2) is 24.3 Å². The molecule has 1 aromatic rings. The number of hydrogen-bond donors (Lipinski definition) is 2. The second-order valence-electron chi connectivity index (χ2n) is 7.61. The summed E-state index contributed by atoms with van der Waals surface area (Å²) < 4.78 is 0. The van der Waals surface area contributed by atoms with Crippen molar-refractivity contribution in [3.05, 3.63) is 35.4 Å². The average molecular weight is 344 g/mol. The van der Waals surface area contributed by atoms with Crippen LogP contribution in [-0.2, 0) is 17.9 Å². The Morgan fingerprint density at radius 2 is 2.04 bits per heavy atom. The molecule has 6 nitrogen and oxygen atoms in total. The van der Waals surface area contributed by atoms with Gasteiger partial charge in [0.1, 0.15) is 0 Å². The van der Waals surface area contributed by atoms with Crippen LogP contribution in [0.25, 0.3) is 0 Å². The second-order valence-corrected chi connectivity index (χ2v) is 7.61. The second kappa shape index (κ2) is 7.44. The molecule has 0 spiro atoms. The Kier molecular flexibility index (Phi) is 5.27. The number of urea groups is 1. The maximum Gasteiger partial charge on any atom is 0.315 e. The van der Waals surface area contributed by atoms with Crippen molar-refractivity contribution in [3.63, 3.8) is 0 Å². The zero-order chi connectivity index (χ0) is 18.0. The van der Waals surface area contributed by atoms with Gasteiger partial charge in [0.15, 0.2) is 0 Å². The minimum absolute atomic E-state index is 0.0830. The van der Waals surface area contributed by atoms with E-state index in [2.05, 4.69) is 34.6 Å². The SMILES string of the molecule is CC1CC1N1CC(NC(=O)NCc2cccc(CN(C)C)c2)CC1=O. The summed E-state index contributed by atoms with van der Waals surface area (Å²) in [6.45, 7) is 4.16. The minimum Gasteiger partial charge on any atom is -0.337 e. The van der Waals surface area contributed by atoms with Gasteiger partial charge >= 0.3 is 6.03 Å². The van der Waals surface area contributed by atoms with Crippen LogP contribution in [0.2, 0.25) is 0 Å². The van der Waals surface area contributed by atoms with Crippen LogP contribution >= 0.6 is 0 Å². The van der Waals surface area contributed by atoms with Crippen molar-refractivity contribution in [3.8, 4) is 0 Å². The van der Waals surface area contributed by atoms with E-state index >= 15 is 0 Å². The van der Waals surface area contributed by atoms with E-state index in [1.54, 1.807) is 0 Å². The molecule has 0 bridgehead atoms. The highest BCUT2D eigenvalue weighted by Gasteiger charge is 2.44. The van der Waals surface area contributed by atoms with E-state index < -0.39 is 0 Å². The molecule has 1 aromatic carbocycles. The van der Waals surface area contributed by atoms with E-state index in [4.69, 9.17) is 0 Å². The summed E-state index contributed by atoms with van der Waals surface area (Å²) >= 11 is 0. The molecule has 1 aliphatic heterocycles. The van der Waals surface area contributed by atoms with Crippen molar-refractivity contribution in [1.29, 1.82) is 0 Å². The third kappa shape index (κ3) is 4.72. The summed E-state index contributed by atoms with van der Waals surface area (Å²) in [6.07, 6.45) is 1.50. The van der Waals surface area contributed by atoms with Crippen LogP contribution < -0.4 is 10.6 Å². The number of nitrogens with zero attached hydrogens (tertiary/aromatic N) is 2. The van der Waals surface area contributed by atoms with Crippen LogP contribution in [0, 0.1) is 5.92 Å². The minimum atomic E-state index is -0.207. The molecule has 1 heterocycles. The lowest BCUT2D eigenvalue weighted by atomic mass is 10.1. The van der Waals surface area contributed by atoms with Crippen molar-refractivity contribution in [2.24, 2.45) is 5.92 Å². The molecule has 1 saturated carbocycles. The normalized spacial score (nSPS) is 25.4. The highest BCUT2D eigenvalue weighted by Crippen LogP contribution is 2.37. The lowest BCUT2D eigenvalue weighted by Crippen LogP contribution is -2.43. The summed E-state index contributed by atoms with van der Waals surface area (Å²) in [5.74, 6) is 0.766. The molecule has 0 radical (unpaired) electrons. The number of carbonyl (C=O) groups excluding carboxylic acids is 2. The van der Waals surface area contributed by atoms with Gasteiger partial charge in [-0.25, -0.2) is 4.79 Å². The molecule has 1 saturated heterocycles. The summed E-state index contributed by atoms with van der Waals surface area (Å²) in [6, 6.07) is 8.31. The van der Waals surface area contributed by atoms with Crippen molar-refractivity contribution < 1.29 is 9.59 Å². The molecular formula is C19H28N4O2. The molecule has 2 N–H and O–H groups in total. The van der Waals surface area contributed by atoms with Crippen LogP contribution in [-0.4, -0.2) is 54.5 Å². The van der Waals surface area contributed by atoms with Gasteiger partial charge in [-0.1, -0.05) is 31.2 Å². The molecule has 3 amide bonds. The fourth-order valence-electron chi connectivity index (χ4n) is 3.51. The number of benzene rings is 1. The Labute approximate surface area is 149 Å². The number of rotatable bonds is 6. The molecule has 6 heteroatoms. The molecule has 0 aromatic heterocycles. The van der Waals surface area contributed by atoms with Crippen molar-refractivity contribution >= 4 is 11.9 Å². The van der Waals surface area contributed by atoms with Gasteiger partial charge in [0.05, 0.1) is 6.04 Å². The predicted octanol–water partition coefficient (Wildman–Crippen LogP) is 1.56. The first-order valence-electron chi connectivity index (χ1n) is 8.98. The molecular weight excluding hydrogens is 316 g/mol. The van der Waals surface area contributed by atoms with Gasteiger partial charge in [0, 0.05) is 32.1 Å². The smallest absolute Gasteiger partial charge is 0.315 e. The fraction of sp³-hybridized carbons (Fsp3) is 0.579. The molecule has 2 aliphatic rings. The van der Waals surface area contributed by atoms with Crippen LogP contribution in [0.1, 0.15) is 30.9 Å². The van der Waals surface area contributed by atoms with Gasteiger partial charge in [-0.3, -0.25) is 4.79 Å². The number of carbonyl (C=O) groups is 2. The van der Waals surface area contributed by atoms with Crippen LogP contribution in [0.3, 0.4) is 0 Å². The topological polar surface area (TPSA) is 64.7 Å². The monoisotopic (exact) mass is 344 g/mol. The van der Waals surface area contributed by atoms with E-state index in [1.165, 1.54) is 5.56 Å². The molecule has 3 unspecified atom stereocenters. The van der Waals surface area contributed by atoms with Crippen LogP contribution in [0.5, 0.6) is 0 Å². The zero-order valence-corrected chi connectivity index (χ0v) is 15.3. The summed E-state index contributed by atoms with van der Waals surface area (Å²) in [4.78, 5) is 28.2. The fourth-order valence-corrected chi connectivity index (χ4v) is 3.51. The number of likely N-dealkylation sites (tertiary alicyclic amines) is 1. The average Bonchev–Trinajstić information content (AvgIpc) is 3.15. The van der Waals surface area contributed by atoms with E-state index in [-0.39, 0.29) is 18.0 Å². The molecule has 1 aliphatic carbocycles. The van der Waals surface area contributed by atoms with Gasteiger partial charge in [-0.15, -0.1) is 0 Å². The van der Waals surface area contributed by atoms with Crippen molar-refractivity contribution in [1.82, 2.24) is 20.4 Å². The third-order valence-corrected chi connectivity index (χ3v) is 4.90. The molecule has 3 rings (SSSR count). The number of nitrogens with one attached hydrogen (secondary N) is 2. The molecule has 136 valence electrons. The van der Waals surface area contributed by atoms with E-state index in [0.717, 1.165) is 18.5 Å². The lowest BCUT2D eigenvalue weighted by Gasteiger charge is -2.17. The number of hydrogen-bond acceptors (Lipinski definition) is 3. The first-order chi connectivity index (χ1) is 11.9. The van der Waals surface area contributed by atoms with Crippen molar-refractivity contribution in [2.75, 3.05) is 20.6 Å². The van der Waals surface area contributed by atoms with Crippen molar-refractivity contribution in [2.45, 2.75) is 44.9 Å². The Morgan fingerprint density at radius 3 is 2.72 bits per heavy atom. The lowest BCUT2D eigenvalue weighted by molar-refractivity contribution is -0.128. The largest absolute Gasteiger partial charge is 0.337 e. The highest BCUT2D eigenvalue weighted by molar-refractivity contribution is 5.82. The van der Waals surface area contributed by atoms with Gasteiger partial charge in [-0.2, -0.15) is 0 Å². The maximum absolute atomic E-state index is 12.1. The summed E-state index contributed by atoms with van der Waals surface area (Å²) in [5.41, 5.74) is 2.30. The first kappa shape index (κ1) is 17.7. The van der Waals surface area contributed by atoms with Gasteiger partial charge < -0.3 is 20.4 Å². The standard InChI is InChI=1S/C19H28N4O2/c1-13-7-17(13)23-12-16(9-18(23)24)21-19(25)20-10-14-5-4-6-15(8-14)11-22(2)3/h4-6,8,13,16-17H,7,9-12H2,1-3H3,(H2,20,21,25). The Hall–Kier alpha value is -2.08. The maximum atomic E-state index is 12.1. The zero-order valence-electron chi connectivity index (χ0n) is 15.3. The number of amides is 3. The van der Waals surface area contributed by atoms with E-state index in [1.807, 2.05) is 31.1 Å². The molecule has 3 atom stereocenters. The van der Waals surface area contributed by atoms with Crippen LogP contribution in [0.4, 0.5) is 4.79 Å². The Bertz CT molecular complexity index is 646. The Balaban J connectivity index is 1.45. The van der Waals surface area contributed by atoms with Gasteiger partial charge in [0.25, 0.3) is 0 Å². The van der Waals surface area contributed by atoms with Gasteiger partial charge in [0.2, 0.25) is 5.91 Å². The van der Waals surface area contributed by atoms with E-state index in [0.29, 0.717) is 31.5 Å². The first-order valence-corrected chi connectivity index (χ1v) is 8.98. The molecule has 2 fully saturated rings. The summed E-state index contributed by atoms with van der Waals surface area (Å²) in [7, 11) is 4.07. The van der Waals surface area contributed by atoms with E-state index in [9.17, 15) is 9.59 Å². The summed E-state index contributed by atoms with van der Waals surface area (Å²) in [5, 5.41) is 5.83. The third-order valence-electron chi connectivity index (χ3n) is 4.90. The molecule has 25 heavy (non-hydrogen) atoms. The Morgan fingerprint density at radius 1 is 1.32 bits per heavy atom. The quantitative estimate of drug-likeness (QED) is 0.823. The highest BCUT2D eigenvalue weighted by atomic mass is 16.2.